The Morgan fingerprint density at radius 2 is 1.92 bits per heavy atom. The van der Waals surface area contributed by atoms with Crippen molar-refractivity contribution in [3.8, 4) is 0 Å². The fourth-order valence-corrected chi connectivity index (χ4v) is 6.67. The second-order valence-corrected chi connectivity index (χ2v) is 11.2. The number of nitrogens with zero attached hydrogens (tertiary/aromatic N) is 6. The standard InChI is InChI=1S/C28H40N8O/c1-2-3-13-34-14-16-35(17-15-34)22-8-10-24(29-19-22)32-27-30-18-21-7-9-23-26(37)31-20-28(11-5-4-6-12-28)36(23)25(21)33-27/h8,10,18-19,23H,2-7,9,11-17,20H2,1H3,(H,31,37)(H,29,30,32,33). The molecule has 0 radical (unpaired) electrons. The molecule has 1 aliphatic carbocycles. The highest BCUT2D eigenvalue weighted by Gasteiger charge is 2.50. The van der Waals surface area contributed by atoms with Crippen LogP contribution in [0.2, 0.25) is 0 Å². The summed E-state index contributed by atoms with van der Waals surface area (Å²) >= 11 is 0. The molecule has 37 heavy (non-hydrogen) atoms. The van der Waals surface area contributed by atoms with Crippen LogP contribution in [0.1, 0.15) is 63.9 Å². The van der Waals surface area contributed by atoms with E-state index in [9.17, 15) is 4.79 Å². The largest absolute Gasteiger partial charge is 0.368 e. The number of nitrogens with one attached hydrogen (secondary N) is 2. The summed E-state index contributed by atoms with van der Waals surface area (Å²) in [6, 6.07) is 4.01. The molecule has 1 saturated carbocycles. The molecule has 1 atom stereocenters. The van der Waals surface area contributed by atoms with E-state index in [0.29, 0.717) is 12.5 Å². The third-order valence-corrected chi connectivity index (χ3v) is 8.81. The number of hydrogen-bond donors (Lipinski definition) is 2. The summed E-state index contributed by atoms with van der Waals surface area (Å²) < 4.78 is 0. The maximum atomic E-state index is 12.8. The van der Waals surface area contributed by atoms with Crippen LogP contribution in [-0.4, -0.2) is 76.6 Å². The van der Waals surface area contributed by atoms with Gasteiger partial charge in [-0.1, -0.05) is 32.6 Å². The van der Waals surface area contributed by atoms with Crippen LogP contribution in [0, 0.1) is 0 Å². The summed E-state index contributed by atoms with van der Waals surface area (Å²) in [4.78, 5) is 34.5. The number of hydrogen-bond acceptors (Lipinski definition) is 8. The van der Waals surface area contributed by atoms with E-state index in [2.05, 4.69) is 48.3 Å². The maximum Gasteiger partial charge on any atom is 0.242 e. The summed E-state index contributed by atoms with van der Waals surface area (Å²) in [6.07, 6.45) is 14.0. The Bertz CT molecular complexity index is 1090. The van der Waals surface area contributed by atoms with Gasteiger partial charge in [-0.15, -0.1) is 0 Å². The van der Waals surface area contributed by atoms with Crippen LogP contribution in [-0.2, 0) is 11.2 Å². The number of fused-ring (bicyclic) bond motifs is 4. The molecular weight excluding hydrogens is 464 g/mol. The average molecular weight is 505 g/mol. The highest BCUT2D eigenvalue weighted by Crippen LogP contribution is 2.43. The third kappa shape index (κ3) is 4.85. The zero-order valence-electron chi connectivity index (χ0n) is 22.1. The fraction of sp³-hybridized carbons (Fsp3) is 0.643. The van der Waals surface area contributed by atoms with E-state index in [-0.39, 0.29) is 17.5 Å². The van der Waals surface area contributed by atoms with Gasteiger partial charge in [0, 0.05) is 44.5 Å². The lowest BCUT2D eigenvalue weighted by Gasteiger charge is -2.55. The SMILES string of the molecule is CCCCN1CCN(c2ccc(Nc3ncc4c(n3)N3C(CC4)C(=O)NCC34CCCCC4)nc2)CC1. The van der Waals surface area contributed by atoms with Gasteiger partial charge in [-0.2, -0.15) is 4.98 Å². The van der Waals surface area contributed by atoms with Gasteiger partial charge >= 0.3 is 0 Å². The van der Waals surface area contributed by atoms with Gasteiger partial charge in [0.2, 0.25) is 11.9 Å². The zero-order chi connectivity index (χ0) is 25.2. The first kappa shape index (κ1) is 24.4. The molecule has 1 amide bonds. The van der Waals surface area contributed by atoms with E-state index in [0.717, 1.165) is 74.7 Å². The molecular formula is C28H40N8O. The molecule has 0 bridgehead atoms. The molecule has 3 fully saturated rings. The Labute approximate surface area is 220 Å². The smallest absolute Gasteiger partial charge is 0.242 e. The highest BCUT2D eigenvalue weighted by atomic mass is 16.2. The number of piperazine rings is 2. The van der Waals surface area contributed by atoms with Crippen LogP contribution < -0.4 is 20.4 Å². The molecule has 2 N–H and O–H groups in total. The Kier molecular flexibility index (Phi) is 6.88. The highest BCUT2D eigenvalue weighted by molar-refractivity contribution is 5.88. The van der Waals surface area contributed by atoms with Crippen molar-refractivity contribution in [3.05, 3.63) is 30.1 Å². The van der Waals surface area contributed by atoms with E-state index in [4.69, 9.17) is 4.98 Å². The van der Waals surface area contributed by atoms with Gasteiger partial charge in [-0.3, -0.25) is 9.69 Å². The molecule has 198 valence electrons. The second kappa shape index (κ2) is 10.4. The third-order valence-electron chi connectivity index (χ3n) is 8.81. The van der Waals surface area contributed by atoms with Gasteiger partial charge < -0.3 is 20.4 Å². The molecule has 2 aromatic heterocycles. The minimum atomic E-state index is -0.137. The van der Waals surface area contributed by atoms with E-state index >= 15 is 0 Å². The van der Waals surface area contributed by atoms with Crippen LogP contribution in [0.5, 0.6) is 0 Å². The summed E-state index contributed by atoms with van der Waals surface area (Å²) in [5, 5.41) is 6.54. The molecule has 0 aromatic carbocycles. The summed E-state index contributed by atoms with van der Waals surface area (Å²) in [5.74, 6) is 2.35. The van der Waals surface area contributed by atoms with E-state index in [1.807, 2.05) is 18.5 Å². The van der Waals surface area contributed by atoms with Crippen molar-refractivity contribution in [1.29, 1.82) is 0 Å². The van der Waals surface area contributed by atoms with Crippen LogP contribution >= 0.6 is 0 Å². The van der Waals surface area contributed by atoms with Gasteiger partial charge in [-0.25, -0.2) is 9.97 Å². The number of unbranched alkanes of at least 4 members (excludes halogenated alkanes) is 1. The van der Waals surface area contributed by atoms with E-state index in [1.165, 1.54) is 38.6 Å². The molecule has 6 rings (SSSR count). The first-order valence-electron chi connectivity index (χ1n) is 14.3. The Morgan fingerprint density at radius 1 is 1.08 bits per heavy atom. The number of rotatable bonds is 6. The molecule has 2 aromatic rings. The zero-order valence-corrected chi connectivity index (χ0v) is 22.1. The average Bonchev–Trinajstić information content (AvgIpc) is 2.95. The number of aryl methyl sites for hydroxylation is 1. The lowest BCUT2D eigenvalue weighted by molar-refractivity contribution is -0.125. The predicted molar refractivity (Wildman–Crippen MR) is 147 cm³/mol. The molecule has 3 aliphatic heterocycles. The minimum Gasteiger partial charge on any atom is -0.368 e. The van der Waals surface area contributed by atoms with Crippen molar-refractivity contribution in [2.75, 3.05) is 54.4 Å². The number of aromatic nitrogens is 3. The van der Waals surface area contributed by atoms with Crippen molar-refractivity contribution >= 4 is 29.2 Å². The van der Waals surface area contributed by atoms with Gasteiger partial charge in [0.1, 0.15) is 17.7 Å². The second-order valence-electron chi connectivity index (χ2n) is 11.2. The monoisotopic (exact) mass is 504 g/mol. The topological polar surface area (TPSA) is 89.5 Å². The Balaban J connectivity index is 1.17. The van der Waals surface area contributed by atoms with Crippen molar-refractivity contribution in [2.24, 2.45) is 0 Å². The van der Waals surface area contributed by atoms with Crippen molar-refractivity contribution in [1.82, 2.24) is 25.2 Å². The number of pyridine rings is 1. The number of carbonyl (C=O) groups is 1. The lowest BCUT2D eigenvalue weighted by atomic mass is 9.76. The van der Waals surface area contributed by atoms with E-state index < -0.39 is 0 Å². The maximum absolute atomic E-state index is 12.8. The van der Waals surface area contributed by atoms with E-state index in [1.54, 1.807) is 0 Å². The lowest BCUT2D eigenvalue weighted by Crippen LogP contribution is -2.70. The first-order chi connectivity index (χ1) is 18.1. The van der Waals surface area contributed by atoms with Gasteiger partial charge in [-0.05, 0) is 50.8 Å². The molecule has 2 saturated heterocycles. The number of amides is 1. The van der Waals surface area contributed by atoms with Gasteiger partial charge in [0.25, 0.3) is 0 Å². The number of carbonyl (C=O) groups excluding carboxylic acids is 1. The minimum absolute atomic E-state index is 0.0297. The van der Waals surface area contributed by atoms with Gasteiger partial charge in [0.15, 0.2) is 0 Å². The van der Waals surface area contributed by atoms with Crippen LogP contribution in [0.4, 0.5) is 23.3 Å². The summed E-state index contributed by atoms with van der Waals surface area (Å²) in [7, 11) is 0. The van der Waals surface area contributed by atoms with Crippen molar-refractivity contribution in [3.63, 3.8) is 0 Å². The molecule has 1 spiro atoms. The first-order valence-corrected chi connectivity index (χ1v) is 14.3. The predicted octanol–water partition coefficient (Wildman–Crippen LogP) is 3.49. The van der Waals surface area contributed by atoms with Crippen LogP contribution in [0.25, 0.3) is 0 Å². The fourth-order valence-electron chi connectivity index (χ4n) is 6.67. The van der Waals surface area contributed by atoms with Crippen molar-refractivity contribution < 1.29 is 4.79 Å². The van der Waals surface area contributed by atoms with Crippen LogP contribution in [0.15, 0.2) is 24.5 Å². The quantitative estimate of drug-likeness (QED) is 0.618. The van der Waals surface area contributed by atoms with Gasteiger partial charge in [0.05, 0.1) is 17.4 Å². The molecule has 9 heteroatoms. The van der Waals surface area contributed by atoms with Crippen molar-refractivity contribution in [2.45, 2.75) is 76.3 Å². The molecule has 5 heterocycles. The normalized spacial score (nSPS) is 23.4. The van der Waals surface area contributed by atoms with Crippen LogP contribution in [0.3, 0.4) is 0 Å². The number of anilines is 4. The summed E-state index contributed by atoms with van der Waals surface area (Å²) in [6.45, 7) is 8.47. The molecule has 1 unspecified atom stereocenters. The molecule has 4 aliphatic rings. The molecule has 9 nitrogen and oxygen atoms in total. The Morgan fingerprint density at radius 3 is 2.68 bits per heavy atom. The Hall–Kier alpha value is -2.94. The summed E-state index contributed by atoms with van der Waals surface area (Å²) in [5.41, 5.74) is 2.27.